The first-order valence-electron chi connectivity index (χ1n) is 10.3. The number of carbonyl (C=O) groups excluding carboxylic acids is 1. The van der Waals surface area contributed by atoms with Gasteiger partial charge < -0.3 is 14.2 Å². The van der Waals surface area contributed by atoms with Crippen LogP contribution < -0.4 is 4.74 Å². The van der Waals surface area contributed by atoms with Crippen LogP contribution in [0.1, 0.15) is 44.4 Å². The Labute approximate surface area is 183 Å². The molecule has 0 aromatic heterocycles. The second-order valence-corrected chi connectivity index (χ2v) is 8.86. The topological polar surface area (TPSA) is 48.0 Å². The molecule has 6 heteroatoms. The molecular weight excluding hydrogens is 402 g/mol. The summed E-state index contributed by atoms with van der Waals surface area (Å²) < 4.78 is 17.3. The predicted octanol–water partition coefficient (Wildman–Crippen LogP) is 5.02. The Morgan fingerprint density at radius 1 is 1.20 bits per heavy atom. The Morgan fingerprint density at radius 2 is 2.00 bits per heavy atom. The highest BCUT2D eigenvalue weighted by atomic mass is 35.5. The van der Waals surface area contributed by atoms with E-state index in [0.717, 1.165) is 30.0 Å². The van der Waals surface area contributed by atoms with Crippen molar-refractivity contribution in [3.05, 3.63) is 64.7 Å². The van der Waals surface area contributed by atoms with Gasteiger partial charge in [0.1, 0.15) is 18.0 Å². The maximum absolute atomic E-state index is 12.0. The van der Waals surface area contributed by atoms with E-state index in [4.69, 9.17) is 25.8 Å². The van der Waals surface area contributed by atoms with Crippen molar-refractivity contribution in [3.8, 4) is 5.75 Å². The molecule has 0 bridgehead atoms. The van der Waals surface area contributed by atoms with Crippen LogP contribution in [0.15, 0.2) is 48.5 Å². The average molecular weight is 432 g/mol. The Morgan fingerprint density at radius 3 is 2.77 bits per heavy atom. The first-order chi connectivity index (χ1) is 14.3. The lowest BCUT2D eigenvalue weighted by atomic mass is 10.1. The molecule has 0 N–H and O–H groups in total. The van der Waals surface area contributed by atoms with E-state index < -0.39 is 5.60 Å². The van der Waals surface area contributed by atoms with Crippen molar-refractivity contribution in [2.24, 2.45) is 0 Å². The monoisotopic (exact) mass is 431 g/mol. The Kier molecular flexibility index (Phi) is 7.75. The maximum Gasteiger partial charge on any atom is 0.307 e. The fraction of sp³-hybridized carbons (Fsp3) is 0.458. The number of esters is 1. The summed E-state index contributed by atoms with van der Waals surface area (Å²) in [5.41, 5.74) is 1.56. The molecule has 5 nitrogen and oxygen atoms in total. The number of rotatable bonds is 7. The highest BCUT2D eigenvalue weighted by Gasteiger charge is 2.24. The van der Waals surface area contributed by atoms with E-state index in [1.54, 1.807) is 0 Å². The maximum atomic E-state index is 12.0. The molecule has 1 aliphatic rings. The number of benzene rings is 2. The lowest BCUT2D eigenvalue weighted by molar-refractivity contribution is -0.155. The van der Waals surface area contributed by atoms with Crippen molar-refractivity contribution in [2.75, 3.05) is 26.2 Å². The molecule has 30 heavy (non-hydrogen) atoms. The summed E-state index contributed by atoms with van der Waals surface area (Å²) in [6, 6.07) is 15.6. The lowest BCUT2D eigenvalue weighted by Crippen LogP contribution is -2.39. The third-order valence-electron chi connectivity index (χ3n) is 4.78. The van der Waals surface area contributed by atoms with Crippen LogP contribution in [0.5, 0.6) is 5.75 Å². The highest BCUT2D eigenvalue weighted by Crippen LogP contribution is 2.26. The second kappa shape index (κ2) is 10.3. The van der Waals surface area contributed by atoms with Gasteiger partial charge in [0.15, 0.2) is 0 Å². The smallest absolute Gasteiger partial charge is 0.307 e. The first kappa shape index (κ1) is 22.6. The fourth-order valence-electron chi connectivity index (χ4n) is 3.33. The van der Waals surface area contributed by atoms with Gasteiger partial charge in [-0.25, -0.2) is 0 Å². The summed E-state index contributed by atoms with van der Waals surface area (Å²) in [6.45, 7) is 8.90. The van der Waals surface area contributed by atoms with Gasteiger partial charge in [-0.2, -0.15) is 0 Å². The zero-order valence-corrected chi connectivity index (χ0v) is 18.7. The van der Waals surface area contributed by atoms with Crippen molar-refractivity contribution in [1.82, 2.24) is 4.90 Å². The van der Waals surface area contributed by atoms with Crippen LogP contribution in [-0.4, -0.2) is 42.7 Å². The highest BCUT2D eigenvalue weighted by molar-refractivity contribution is 6.31. The molecule has 2 aromatic carbocycles. The standard InChI is InChI=1S/C24H30ClNO4/c1-24(2,3)30-23(27)11-12-26-13-14-28-22(16-26)18-8-6-9-20(15-18)29-17-19-7-4-5-10-21(19)25/h4-10,15,22H,11-14,16-17H2,1-3H3. The van der Waals surface area contributed by atoms with Gasteiger partial charge in [0.05, 0.1) is 19.1 Å². The molecule has 3 rings (SSSR count). The summed E-state index contributed by atoms with van der Waals surface area (Å²) in [5.74, 6) is 0.613. The van der Waals surface area contributed by atoms with Crippen LogP contribution >= 0.6 is 11.6 Å². The van der Waals surface area contributed by atoms with Crippen LogP contribution in [0, 0.1) is 0 Å². The number of morpholine rings is 1. The van der Waals surface area contributed by atoms with Gasteiger partial charge in [0, 0.05) is 30.2 Å². The van der Waals surface area contributed by atoms with E-state index in [1.807, 2.05) is 69.3 Å². The van der Waals surface area contributed by atoms with Crippen LogP contribution in [-0.2, 0) is 20.9 Å². The number of ether oxygens (including phenoxy) is 3. The average Bonchev–Trinajstić information content (AvgIpc) is 2.71. The molecule has 0 aliphatic carbocycles. The van der Waals surface area contributed by atoms with E-state index in [2.05, 4.69) is 4.90 Å². The van der Waals surface area contributed by atoms with Gasteiger partial charge in [0.2, 0.25) is 0 Å². The molecule has 1 heterocycles. The minimum absolute atomic E-state index is 0.0544. The van der Waals surface area contributed by atoms with Crippen LogP contribution in [0.25, 0.3) is 0 Å². The number of hydrogen-bond acceptors (Lipinski definition) is 5. The molecular formula is C24H30ClNO4. The summed E-state index contributed by atoms with van der Waals surface area (Å²) in [4.78, 5) is 14.2. The summed E-state index contributed by atoms with van der Waals surface area (Å²) in [6.07, 6.45) is 0.326. The van der Waals surface area contributed by atoms with Gasteiger partial charge in [0.25, 0.3) is 0 Å². The fourth-order valence-corrected chi connectivity index (χ4v) is 3.52. The molecule has 1 saturated heterocycles. The number of halogens is 1. The SMILES string of the molecule is CC(C)(C)OC(=O)CCN1CCOC(c2cccc(OCc3ccccc3Cl)c2)C1. The molecule has 1 fully saturated rings. The van der Waals surface area contributed by atoms with Gasteiger partial charge in [-0.05, 0) is 44.5 Å². The third kappa shape index (κ3) is 7.01. The summed E-state index contributed by atoms with van der Waals surface area (Å²) in [5, 5.41) is 0.699. The second-order valence-electron chi connectivity index (χ2n) is 8.45. The van der Waals surface area contributed by atoms with Gasteiger partial charge in [-0.3, -0.25) is 9.69 Å². The number of hydrogen-bond donors (Lipinski definition) is 0. The molecule has 1 aliphatic heterocycles. The Hall–Kier alpha value is -2.08. The first-order valence-corrected chi connectivity index (χ1v) is 10.7. The van der Waals surface area contributed by atoms with E-state index >= 15 is 0 Å². The summed E-state index contributed by atoms with van der Waals surface area (Å²) >= 11 is 6.21. The van der Waals surface area contributed by atoms with Gasteiger partial charge in [-0.15, -0.1) is 0 Å². The lowest BCUT2D eigenvalue weighted by Gasteiger charge is -2.33. The zero-order valence-electron chi connectivity index (χ0n) is 17.9. The normalized spacial score (nSPS) is 17.5. The predicted molar refractivity (Wildman–Crippen MR) is 118 cm³/mol. The molecule has 0 amide bonds. The van der Waals surface area contributed by atoms with Crippen molar-refractivity contribution in [3.63, 3.8) is 0 Å². The minimum atomic E-state index is -0.449. The van der Waals surface area contributed by atoms with E-state index in [9.17, 15) is 4.79 Å². The molecule has 2 aromatic rings. The molecule has 162 valence electrons. The van der Waals surface area contributed by atoms with Crippen molar-refractivity contribution in [2.45, 2.75) is 45.5 Å². The molecule has 0 saturated carbocycles. The molecule has 0 spiro atoms. The van der Waals surface area contributed by atoms with Crippen LogP contribution in [0.4, 0.5) is 0 Å². The number of nitrogens with zero attached hydrogens (tertiary/aromatic N) is 1. The third-order valence-corrected chi connectivity index (χ3v) is 5.15. The van der Waals surface area contributed by atoms with Gasteiger partial charge in [-0.1, -0.05) is 41.9 Å². The number of carbonyl (C=O) groups is 1. The van der Waals surface area contributed by atoms with E-state index in [1.165, 1.54) is 0 Å². The largest absolute Gasteiger partial charge is 0.489 e. The zero-order chi connectivity index (χ0) is 21.6. The Bertz CT molecular complexity index is 849. The van der Waals surface area contributed by atoms with Crippen molar-refractivity contribution >= 4 is 17.6 Å². The minimum Gasteiger partial charge on any atom is -0.489 e. The van der Waals surface area contributed by atoms with Crippen LogP contribution in [0.2, 0.25) is 5.02 Å². The van der Waals surface area contributed by atoms with Crippen molar-refractivity contribution < 1.29 is 19.0 Å². The van der Waals surface area contributed by atoms with Crippen molar-refractivity contribution in [1.29, 1.82) is 0 Å². The Balaban J connectivity index is 1.54. The van der Waals surface area contributed by atoms with E-state index in [-0.39, 0.29) is 12.1 Å². The van der Waals surface area contributed by atoms with E-state index in [0.29, 0.717) is 31.2 Å². The molecule has 1 atom stereocenters. The quantitative estimate of drug-likeness (QED) is 0.576. The van der Waals surface area contributed by atoms with Crippen LogP contribution in [0.3, 0.4) is 0 Å². The summed E-state index contributed by atoms with van der Waals surface area (Å²) in [7, 11) is 0. The molecule has 1 unspecified atom stereocenters. The van der Waals surface area contributed by atoms with Gasteiger partial charge >= 0.3 is 5.97 Å². The molecule has 0 radical (unpaired) electrons.